The van der Waals surface area contributed by atoms with Crippen LogP contribution < -0.4 is 5.32 Å². The van der Waals surface area contributed by atoms with Crippen molar-refractivity contribution in [3.05, 3.63) is 52.1 Å². The van der Waals surface area contributed by atoms with Crippen LogP contribution >= 0.6 is 0 Å². The lowest BCUT2D eigenvalue weighted by molar-refractivity contribution is -0.384. The summed E-state index contributed by atoms with van der Waals surface area (Å²) in [6.07, 6.45) is 5.52. The summed E-state index contributed by atoms with van der Waals surface area (Å²) in [5.74, 6) is -0.0844. The van der Waals surface area contributed by atoms with Crippen molar-refractivity contribution in [1.82, 2.24) is 14.5 Å². The molecule has 4 rings (SSSR count). The third kappa shape index (κ3) is 3.27. The zero-order chi connectivity index (χ0) is 19.1. The van der Waals surface area contributed by atoms with Gasteiger partial charge in [-0.1, -0.05) is 0 Å². The molecule has 2 heterocycles. The lowest BCUT2D eigenvalue weighted by Crippen LogP contribution is -2.29. The average Bonchev–Trinajstić information content (AvgIpc) is 3.29. The first-order chi connectivity index (χ1) is 12.9. The Kier molecular flexibility index (Phi) is 4.14. The number of nitrogens with one attached hydrogen (secondary N) is 1. The fourth-order valence-electron chi connectivity index (χ4n) is 3.45. The number of amides is 1. The summed E-state index contributed by atoms with van der Waals surface area (Å²) >= 11 is 0. The summed E-state index contributed by atoms with van der Waals surface area (Å²) in [5, 5.41) is 14.6. The van der Waals surface area contributed by atoms with Crippen LogP contribution in [0.4, 0.5) is 11.4 Å². The number of nitro groups is 1. The third-order valence-corrected chi connectivity index (χ3v) is 4.99. The molecule has 2 fully saturated rings. The largest absolute Gasteiger partial charge is 0.374 e. The van der Waals surface area contributed by atoms with Gasteiger partial charge in [-0.2, -0.15) is 0 Å². The van der Waals surface area contributed by atoms with Gasteiger partial charge in [-0.25, -0.2) is 4.98 Å². The predicted molar refractivity (Wildman–Crippen MR) is 96.5 cm³/mol. The van der Waals surface area contributed by atoms with E-state index in [9.17, 15) is 19.7 Å². The molecule has 1 unspecified atom stereocenters. The minimum atomic E-state index is -0.521. The maximum Gasteiger partial charge on any atom is 0.293 e. The van der Waals surface area contributed by atoms with E-state index in [0.717, 1.165) is 12.8 Å². The van der Waals surface area contributed by atoms with Crippen molar-refractivity contribution in [1.29, 1.82) is 0 Å². The highest BCUT2D eigenvalue weighted by atomic mass is 16.6. The fraction of sp³-hybridized carbons (Fsp3) is 0.389. The number of rotatable bonds is 6. The van der Waals surface area contributed by atoms with E-state index in [1.54, 1.807) is 23.9 Å². The van der Waals surface area contributed by atoms with Crippen LogP contribution in [0.5, 0.6) is 0 Å². The van der Waals surface area contributed by atoms with Gasteiger partial charge in [0.1, 0.15) is 5.69 Å². The molecule has 9 nitrogen and oxygen atoms in total. The molecule has 1 aromatic heterocycles. The molecule has 1 amide bonds. The first kappa shape index (κ1) is 17.2. The van der Waals surface area contributed by atoms with Gasteiger partial charge in [-0.3, -0.25) is 19.7 Å². The maximum absolute atomic E-state index is 12.5. The number of carbonyl (C=O) groups is 2. The monoisotopic (exact) mass is 369 g/mol. The normalized spacial score (nSPS) is 19.4. The number of nitro benzene ring substituents is 1. The highest BCUT2D eigenvalue weighted by Gasteiger charge is 2.39. The van der Waals surface area contributed by atoms with E-state index in [4.69, 9.17) is 0 Å². The number of hydrogen-bond acceptors (Lipinski definition) is 6. The van der Waals surface area contributed by atoms with Crippen LogP contribution in [0.3, 0.4) is 0 Å². The van der Waals surface area contributed by atoms with Crippen LogP contribution in [0.15, 0.2) is 30.6 Å². The summed E-state index contributed by atoms with van der Waals surface area (Å²) in [4.78, 5) is 41.5. The van der Waals surface area contributed by atoms with Gasteiger partial charge in [0.05, 0.1) is 11.0 Å². The number of anilines is 1. The Morgan fingerprint density at radius 2 is 2.15 bits per heavy atom. The molecule has 0 spiro atoms. The summed E-state index contributed by atoms with van der Waals surface area (Å²) in [7, 11) is 1.69. The third-order valence-electron chi connectivity index (χ3n) is 4.99. The van der Waals surface area contributed by atoms with Crippen molar-refractivity contribution in [3.8, 4) is 0 Å². The van der Waals surface area contributed by atoms with Gasteiger partial charge in [-0.15, -0.1) is 0 Å². The van der Waals surface area contributed by atoms with Crippen molar-refractivity contribution < 1.29 is 14.5 Å². The van der Waals surface area contributed by atoms with Crippen molar-refractivity contribution in [2.24, 2.45) is 7.05 Å². The predicted octanol–water partition coefficient (Wildman–Crippen LogP) is 1.73. The SMILES string of the molecule is Cn1ccnc1C(=O)c1ccc(NC2CC(=O)N(C3CC3)C2)c([N+](=O)[O-])c1. The van der Waals surface area contributed by atoms with Crippen molar-refractivity contribution in [3.63, 3.8) is 0 Å². The zero-order valence-electron chi connectivity index (χ0n) is 14.8. The molecule has 2 aromatic rings. The van der Waals surface area contributed by atoms with Crippen LogP contribution in [0, 0.1) is 10.1 Å². The molecule has 1 aromatic carbocycles. The fourth-order valence-corrected chi connectivity index (χ4v) is 3.45. The van der Waals surface area contributed by atoms with E-state index in [-0.39, 0.29) is 34.8 Å². The molecule has 1 saturated carbocycles. The number of aryl methyl sites for hydroxylation is 1. The molecular weight excluding hydrogens is 350 g/mol. The Morgan fingerprint density at radius 1 is 1.37 bits per heavy atom. The van der Waals surface area contributed by atoms with E-state index in [1.165, 1.54) is 18.3 Å². The second kappa shape index (κ2) is 6.49. The van der Waals surface area contributed by atoms with E-state index in [0.29, 0.717) is 24.7 Å². The smallest absolute Gasteiger partial charge is 0.293 e. The van der Waals surface area contributed by atoms with Gasteiger partial charge in [-0.05, 0) is 25.0 Å². The van der Waals surface area contributed by atoms with Crippen LogP contribution in [-0.4, -0.2) is 49.7 Å². The van der Waals surface area contributed by atoms with E-state index >= 15 is 0 Å². The molecule has 0 bridgehead atoms. The second-order valence-electron chi connectivity index (χ2n) is 7.00. The van der Waals surface area contributed by atoms with Crippen LogP contribution in [-0.2, 0) is 11.8 Å². The topological polar surface area (TPSA) is 110 Å². The molecule has 9 heteroatoms. The van der Waals surface area contributed by atoms with Gasteiger partial charge >= 0.3 is 0 Å². The summed E-state index contributed by atoms with van der Waals surface area (Å²) in [6, 6.07) is 4.49. The van der Waals surface area contributed by atoms with Gasteiger partial charge < -0.3 is 14.8 Å². The lowest BCUT2D eigenvalue weighted by Gasteiger charge is -2.17. The maximum atomic E-state index is 12.5. The first-order valence-electron chi connectivity index (χ1n) is 8.80. The number of ketones is 1. The lowest BCUT2D eigenvalue weighted by atomic mass is 10.1. The van der Waals surface area contributed by atoms with Crippen molar-refractivity contribution in [2.75, 3.05) is 11.9 Å². The molecule has 0 radical (unpaired) electrons. The molecule has 1 N–H and O–H groups in total. The quantitative estimate of drug-likeness (QED) is 0.472. The van der Waals surface area contributed by atoms with E-state index in [2.05, 4.69) is 10.3 Å². The number of carbonyl (C=O) groups excluding carboxylic acids is 2. The van der Waals surface area contributed by atoms with Gasteiger partial charge in [0.2, 0.25) is 11.7 Å². The molecule has 27 heavy (non-hydrogen) atoms. The Balaban J connectivity index is 1.56. The van der Waals surface area contributed by atoms with Crippen LogP contribution in [0.1, 0.15) is 35.4 Å². The molecule has 140 valence electrons. The summed E-state index contributed by atoms with van der Waals surface area (Å²) in [6.45, 7) is 0.550. The number of imidazole rings is 1. The molecular formula is C18H19N5O4. The van der Waals surface area contributed by atoms with Crippen LogP contribution in [0.25, 0.3) is 0 Å². The Labute approximate surface area is 155 Å². The van der Waals surface area contributed by atoms with Crippen molar-refractivity contribution in [2.45, 2.75) is 31.3 Å². The minimum absolute atomic E-state index is 0.0826. The minimum Gasteiger partial charge on any atom is -0.374 e. The second-order valence-corrected chi connectivity index (χ2v) is 7.00. The van der Waals surface area contributed by atoms with Gasteiger partial charge in [0.25, 0.3) is 5.69 Å². The standard InChI is InChI=1S/C18H19N5O4/c1-21-7-6-19-18(21)17(25)11-2-5-14(15(8-11)23(26)27)20-12-9-16(24)22(10-12)13-3-4-13/h2,5-8,12-13,20H,3-4,9-10H2,1H3. The number of benzene rings is 1. The number of hydrogen-bond donors (Lipinski definition) is 1. The molecule has 1 atom stereocenters. The summed E-state index contributed by atoms with van der Waals surface area (Å²) < 4.78 is 1.57. The zero-order valence-corrected chi connectivity index (χ0v) is 14.8. The van der Waals surface area contributed by atoms with Gasteiger partial charge in [0, 0.05) is 50.1 Å². The highest BCUT2D eigenvalue weighted by molar-refractivity contribution is 6.07. The first-order valence-corrected chi connectivity index (χ1v) is 8.80. The van der Waals surface area contributed by atoms with E-state index in [1.807, 2.05) is 4.90 Å². The average molecular weight is 369 g/mol. The Morgan fingerprint density at radius 3 is 2.78 bits per heavy atom. The number of nitrogens with zero attached hydrogens (tertiary/aromatic N) is 4. The Hall–Kier alpha value is -3.23. The molecule has 1 saturated heterocycles. The number of likely N-dealkylation sites (tertiary alicyclic amines) is 1. The van der Waals surface area contributed by atoms with Crippen LogP contribution in [0.2, 0.25) is 0 Å². The van der Waals surface area contributed by atoms with E-state index < -0.39 is 4.92 Å². The highest BCUT2D eigenvalue weighted by Crippen LogP contribution is 2.33. The van der Waals surface area contributed by atoms with Crippen molar-refractivity contribution >= 4 is 23.1 Å². The molecule has 1 aliphatic carbocycles. The number of aromatic nitrogens is 2. The Bertz CT molecular complexity index is 934. The summed E-state index contributed by atoms with van der Waals surface area (Å²) in [5.41, 5.74) is 0.322. The molecule has 1 aliphatic heterocycles. The van der Waals surface area contributed by atoms with Gasteiger partial charge in [0.15, 0.2) is 5.82 Å². The molecule has 2 aliphatic rings.